The molecular weight excluding hydrogens is 246 g/mol. The molecule has 96 valence electrons. The lowest BCUT2D eigenvalue weighted by Crippen LogP contribution is -1.98. The lowest BCUT2D eigenvalue weighted by molar-refractivity contribution is 0.376. The van der Waals surface area contributed by atoms with E-state index in [-0.39, 0.29) is 5.95 Å². The molecule has 0 aliphatic rings. The summed E-state index contributed by atoms with van der Waals surface area (Å²) >= 11 is 0. The minimum atomic E-state index is 0.113. The second-order valence-corrected chi connectivity index (χ2v) is 3.77. The topological polar surface area (TPSA) is 98.9 Å². The number of aromatic nitrogens is 4. The fraction of sp³-hybridized carbons (Fsp3) is 0.0833. The molecule has 0 amide bonds. The van der Waals surface area contributed by atoms with Crippen LogP contribution < -0.4 is 15.2 Å². The van der Waals surface area contributed by atoms with Crippen molar-refractivity contribution in [1.29, 1.82) is 0 Å². The minimum Gasteiger partial charge on any atom is -0.493 e. The van der Waals surface area contributed by atoms with Crippen molar-refractivity contribution in [3.05, 3.63) is 30.5 Å². The van der Waals surface area contributed by atoms with Crippen molar-refractivity contribution in [1.82, 2.24) is 20.2 Å². The summed E-state index contributed by atoms with van der Waals surface area (Å²) in [6.07, 6.45) is 1.58. The zero-order valence-electron chi connectivity index (χ0n) is 10.1. The van der Waals surface area contributed by atoms with Crippen molar-refractivity contribution in [2.24, 2.45) is 0 Å². The first-order valence-corrected chi connectivity index (χ1v) is 5.55. The first-order chi connectivity index (χ1) is 9.28. The Morgan fingerprint density at radius 3 is 2.74 bits per heavy atom. The summed E-state index contributed by atoms with van der Waals surface area (Å²) in [5.41, 5.74) is 6.15. The van der Waals surface area contributed by atoms with Gasteiger partial charge < -0.3 is 15.2 Å². The molecule has 3 rings (SSSR count). The molecular formula is C12H11N5O2. The van der Waals surface area contributed by atoms with Gasteiger partial charge in [-0.1, -0.05) is 12.1 Å². The number of aromatic amines is 1. The molecule has 3 aromatic rings. The number of hydrogen-bond acceptors (Lipinski definition) is 6. The third kappa shape index (κ3) is 2.01. The highest BCUT2D eigenvalue weighted by Gasteiger charge is 2.12. The molecule has 3 N–H and O–H groups in total. The number of nitrogens with zero attached hydrogens (tertiary/aromatic N) is 3. The van der Waals surface area contributed by atoms with Crippen LogP contribution in [0.2, 0.25) is 0 Å². The van der Waals surface area contributed by atoms with Gasteiger partial charge >= 0.3 is 0 Å². The Morgan fingerprint density at radius 2 is 1.95 bits per heavy atom. The highest BCUT2D eigenvalue weighted by Crippen LogP contribution is 2.32. The van der Waals surface area contributed by atoms with Crippen LogP contribution in [0, 0.1) is 0 Å². The smallest absolute Gasteiger partial charge is 0.235 e. The predicted molar refractivity (Wildman–Crippen MR) is 69.2 cm³/mol. The summed E-state index contributed by atoms with van der Waals surface area (Å²) in [5.74, 6) is 1.60. The summed E-state index contributed by atoms with van der Waals surface area (Å²) in [5, 5.41) is 7.27. The van der Waals surface area contributed by atoms with E-state index in [0.717, 1.165) is 0 Å². The molecule has 0 spiro atoms. The second-order valence-electron chi connectivity index (χ2n) is 3.77. The van der Waals surface area contributed by atoms with Crippen LogP contribution in [-0.4, -0.2) is 27.3 Å². The Labute approximate surface area is 108 Å². The fourth-order valence-corrected chi connectivity index (χ4v) is 1.71. The number of nitrogen functional groups attached to an aromatic ring is 1. The van der Waals surface area contributed by atoms with Crippen LogP contribution in [0.1, 0.15) is 0 Å². The van der Waals surface area contributed by atoms with Gasteiger partial charge in [-0.3, -0.25) is 5.10 Å². The monoisotopic (exact) mass is 257 g/mol. The number of para-hydroxylation sites is 2. The van der Waals surface area contributed by atoms with E-state index in [1.807, 2.05) is 12.1 Å². The average molecular weight is 257 g/mol. The van der Waals surface area contributed by atoms with E-state index in [2.05, 4.69) is 20.2 Å². The molecule has 0 aliphatic carbocycles. The molecule has 0 bridgehead atoms. The van der Waals surface area contributed by atoms with E-state index in [0.29, 0.717) is 28.4 Å². The Hall–Kier alpha value is -2.83. The minimum absolute atomic E-state index is 0.113. The Morgan fingerprint density at radius 1 is 1.16 bits per heavy atom. The number of ether oxygens (including phenoxy) is 2. The molecule has 1 aromatic carbocycles. The number of H-pyrrole nitrogens is 1. The van der Waals surface area contributed by atoms with Gasteiger partial charge in [0.2, 0.25) is 11.8 Å². The SMILES string of the molecule is COc1ccccc1Oc1nc(N)nc2[nH]ncc12. The third-order valence-corrected chi connectivity index (χ3v) is 2.57. The van der Waals surface area contributed by atoms with Gasteiger partial charge in [0.25, 0.3) is 0 Å². The maximum atomic E-state index is 5.74. The van der Waals surface area contributed by atoms with E-state index in [4.69, 9.17) is 15.2 Å². The van der Waals surface area contributed by atoms with Crippen LogP contribution in [0.5, 0.6) is 17.4 Å². The summed E-state index contributed by atoms with van der Waals surface area (Å²) < 4.78 is 11.0. The first-order valence-electron chi connectivity index (χ1n) is 5.55. The molecule has 0 fully saturated rings. The van der Waals surface area contributed by atoms with Crippen LogP contribution in [0.25, 0.3) is 11.0 Å². The molecule has 0 unspecified atom stereocenters. The molecule has 0 saturated heterocycles. The van der Waals surface area contributed by atoms with Gasteiger partial charge in [0.15, 0.2) is 17.1 Å². The molecule has 0 aliphatic heterocycles. The maximum absolute atomic E-state index is 5.74. The Balaban J connectivity index is 2.07. The van der Waals surface area contributed by atoms with E-state index < -0.39 is 0 Å². The molecule has 7 heteroatoms. The molecule has 2 heterocycles. The number of hydrogen-bond donors (Lipinski definition) is 2. The van der Waals surface area contributed by atoms with Gasteiger partial charge in [-0.25, -0.2) is 0 Å². The molecule has 19 heavy (non-hydrogen) atoms. The van der Waals surface area contributed by atoms with Gasteiger partial charge in [-0.2, -0.15) is 15.1 Å². The zero-order valence-corrected chi connectivity index (χ0v) is 10.1. The predicted octanol–water partition coefficient (Wildman–Crippen LogP) is 1.74. The van der Waals surface area contributed by atoms with E-state index in [9.17, 15) is 0 Å². The van der Waals surface area contributed by atoms with Crippen LogP contribution >= 0.6 is 0 Å². The van der Waals surface area contributed by atoms with Gasteiger partial charge in [-0.15, -0.1) is 0 Å². The molecule has 0 saturated carbocycles. The van der Waals surface area contributed by atoms with Gasteiger partial charge in [0.05, 0.1) is 13.3 Å². The van der Waals surface area contributed by atoms with Gasteiger partial charge in [0, 0.05) is 0 Å². The summed E-state index contributed by atoms with van der Waals surface area (Å²) in [6.45, 7) is 0. The van der Waals surface area contributed by atoms with E-state index >= 15 is 0 Å². The number of benzene rings is 1. The van der Waals surface area contributed by atoms with E-state index in [1.54, 1.807) is 25.4 Å². The number of fused-ring (bicyclic) bond motifs is 1. The third-order valence-electron chi connectivity index (χ3n) is 2.57. The molecule has 0 radical (unpaired) electrons. The molecule has 2 aromatic heterocycles. The summed E-state index contributed by atoms with van der Waals surface area (Å²) in [6, 6.07) is 7.28. The summed E-state index contributed by atoms with van der Waals surface area (Å²) in [4.78, 5) is 8.09. The quantitative estimate of drug-likeness (QED) is 0.741. The Kier molecular flexibility index (Phi) is 2.64. The van der Waals surface area contributed by atoms with Crippen LogP contribution in [0.4, 0.5) is 5.95 Å². The first kappa shape index (κ1) is 11.3. The highest BCUT2D eigenvalue weighted by atomic mass is 16.5. The highest BCUT2D eigenvalue weighted by molar-refractivity contribution is 5.80. The van der Waals surface area contributed by atoms with Crippen molar-refractivity contribution < 1.29 is 9.47 Å². The molecule has 7 nitrogen and oxygen atoms in total. The largest absolute Gasteiger partial charge is 0.493 e. The lowest BCUT2D eigenvalue weighted by Gasteiger charge is -2.09. The number of anilines is 1. The van der Waals surface area contributed by atoms with E-state index in [1.165, 1.54) is 0 Å². The Bertz CT molecular complexity index is 725. The normalized spacial score (nSPS) is 10.6. The fourth-order valence-electron chi connectivity index (χ4n) is 1.71. The van der Waals surface area contributed by atoms with Crippen molar-refractivity contribution in [2.45, 2.75) is 0 Å². The van der Waals surface area contributed by atoms with Crippen LogP contribution in [-0.2, 0) is 0 Å². The van der Waals surface area contributed by atoms with Gasteiger partial charge in [0.1, 0.15) is 5.39 Å². The van der Waals surface area contributed by atoms with Crippen LogP contribution in [0.15, 0.2) is 30.5 Å². The standard InChI is InChI=1S/C12H11N5O2/c1-18-8-4-2-3-5-9(8)19-11-7-6-14-17-10(7)15-12(13)16-11/h2-6H,1H3,(H3,13,14,15,16,17). The van der Waals surface area contributed by atoms with Crippen molar-refractivity contribution in [3.8, 4) is 17.4 Å². The van der Waals surface area contributed by atoms with Crippen LogP contribution in [0.3, 0.4) is 0 Å². The maximum Gasteiger partial charge on any atom is 0.235 e. The second kappa shape index (κ2) is 4.45. The number of methoxy groups -OCH3 is 1. The van der Waals surface area contributed by atoms with Gasteiger partial charge in [-0.05, 0) is 12.1 Å². The number of nitrogens with two attached hydrogens (primary N) is 1. The van der Waals surface area contributed by atoms with Crippen molar-refractivity contribution >= 4 is 17.0 Å². The average Bonchev–Trinajstić information content (AvgIpc) is 2.87. The van der Waals surface area contributed by atoms with Crippen molar-refractivity contribution in [3.63, 3.8) is 0 Å². The summed E-state index contributed by atoms with van der Waals surface area (Å²) in [7, 11) is 1.57. The number of nitrogens with one attached hydrogen (secondary N) is 1. The molecule has 0 atom stereocenters. The lowest BCUT2D eigenvalue weighted by atomic mass is 10.3. The number of rotatable bonds is 3. The zero-order chi connectivity index (χ0) is 13.2. The van der Waals surface area contributed by atoms with Crippen molar-refractivity contribution in [2.75, 3.05) is 12.8 Å².